The number of likely N-dealkylation sites (tertiary alicyclic amines) is 1. The van der Waals surface area contributed by atoms with Gasteiger partial charge >= 0.3 is 0 Å². The van der Waals surface area contributed by atoms with Crippen molar-refractivity contribution in [1.82, 2.24) is 15.5 Å². The van der Waals surface area contributed by atoms with Crippen molar-refractivity contribution in [2.45, 2.75) is 25.5 Å². The summed E-state index contributed by atoms with van der Waals surface area (Å²) in [5.41, 5.74) is 0. The third-order valence-corrected chi connectivity index (χ3v) is 7.66. The van der Waals surface area contributed by atoms with Crippen molar-refractivity contribution in [1.29, 1.82) is 0 Å². The molecule has 1 aromatic carbocycles. The van der Waals surface area contributed by atoms with Crippen molar-refractivity contribution in [3.8, 4) is 0 Å². The zero-order chi connectivity index (χ0) is 20.8. The third-order valence-electron chi connectivity index (χ3n) is 5.58. The molecule has 1 fully saturated rings. The van der Waals surface area contributed by atoms with E-state index in [4.69, 9.17) is 0 Å². The van der Waals surface area contributed by atoms with E-state index in [0.29, 0.717) is 12.5 Å². The molecule has 3 aromatic rings. The Bertz CT molecular complexity index is 927. The zero-order valence-corrected chi connectivity index (χ0v) is 21.8. The van der Waals surface area contributed by atoms with Gasteiger partial charge in [0.2, 0.25) is 0 Å². The van der Waals surface area contributed by atoms with Crippen LogP contribution in [0.3, 0.4) is 0 Å². The van der Waals surface area contributed by atoms with Crippen LogP contribution in [0.15, 0.2) is 52.8 Å². The molecule has 168 valence electrons. The largest absolute Gasteiger partial charge is 0.386 e. The number of piperidine rings is 1. The molecule has 5 nitrogen and oxygen atoms in total. The summed E-state index contributed by atoms with van der Waals surface area (Å²) in [6, 6.07) is 14.7. The van der Waals surface area contributed by atoms with E-state index in [0.717, 1.165) is 30.5 Å². The van der Waals surface area contributed by atoms with Gasteiger partial charge in [0.15, 0.2) is 5.96 Å². The molecule has 31 heavy (non-hydrogen) atoms. The second kappa shape index (κ2) is 12.2. The van der Waals surface area contributed by atoms with Crippen LogP contribution in [0.1, 0.15) is 28.7 Å². The van der Waals surface area contributed by atoms with Gasteiger partial charge < -0.3 is 15.7 Å². The minimum absolute atomic E-state index is 0. The van der Waals surface area contributed by atoms with E-state index in [1.165, 1.54) is 34.3 Å². The number of rotatable bonds is 7. The second-order valence-corrected chi connectivity index (χ2v) is 10.0. The number of benzene rings is 1. The maximum atomic E-state index is 10.6. The van der Waals surface area contributed by atoms with E-state index < -0.39 is 6.10 Å². The Morgan fingerprint density at radius 3 is 2.90 bits per heavy atom. The van der Waals surface area contributed by atoms with Crippen LogP contribution in [0.4, 0.5) is 0 Å². The molecule has 2 aromatic heterocycles. The number of nitrogens with zero attached hydrogens (tertiary/aromatic N) is 2. The monoisotopic (exact) mass is 570 g/mol. The minimum atomic E-state index is -0.545. The van der Waals surface area contributed by atoms with Gasteiger partial charge in [-0.2, -0.15) is 0 Å². The summed E-state index contributed by atoms with van der Waals surface area (Å²) in [5, 5.41) is 20.7. The van der Waals surface area contributed by atoms with Crippen molar-refractivity contribution in [3.63, 3.8) is 0 Å². The Balaban J connectivity index is 0.00000272. The lowest BCUT2D eigenvalue weighted by molar-refractivity contribution is 0.169. The van der Waals surface area contributed by atoms with Crippen LogP contribution in [-0.4, -0.2) is 49.2 Å². The molecule has 0 spiro atoms. The molecule has 0 aliphatic carbocycles. The van der Waals surface area contributed by atoms with Gasteiger partial charge in [-0.25, -0.2) is 0 Å². The lowest BCUT2D eigenvalue weighted by Crippen LogP contribution is -2.45. The molecule has 0 radical (unpaired) electrons. The topological polar surface area (TPSA) is 59.9 Å². The van der Waals surface area contributed by atoms with Gasteiger partial charge in [0, 0.05) is 47.7 Å². The van der Waals surface area contributed by atoms with Crippen LogP contribution in [0, 0.1) is 5.92 Å². The Morgan fingerprint density at radius 2 is 2.13 bits per heavy atom. The quantitative estimate of drug-likeness (QED) is 0.219. The van der Waals surface area contributed by atoms with Crippen LogP contribution < -0.4 is 10.6 Å². The first-order chi connectivity index (χ1) is 14.7. The predicted octanol–water partition coefficient (Wildman–Crippen LogP) is 4.69. The minimum Gasteiger partial charge on any atom is -0.386 e. The summed E-state index contributed by atoms with van der Waals surface area (Å²) < 4.78 is 1.21. The van der Waals surface area contributed by atoms with Gasteiger partial charge in [-0.15, -0.1) is 46.7 Å². The molecule has 0 saturated carbocycles. The normalized spacial score (nSPS) is 18.5. The lowest BCUT2D eigenvalue weighted by Gasteiger charge is -2.32. The Morgan fingerprint density at radius 1 is 1.26 bits per heavy atom. The molecule has 4 rings (SSSR count). The molecule has 1 saturated heterocycles. The first-order valence-electron chi connectivity index (χ1n) is 10.6. The van der Waals surface area contributed by atoms with Gasteiger partial charge in [-0.1, -0.05) is 24.3 Å². The molecular formula is C23H31IN4OS2. The van der Waals surface area contributed by atoms with Crippen molar-refractivity contribution in [3.05, 3.63) is 57.6 Å². The number of fused-ring (bicyclic) bond motifs is 1. The number of hydrogen-bond acceptors (Lipinski definition) is 5. The first-order valence-corrected chi connectivity index (χ1v) is 12.3. The van der Waals surface area contributed by atoms with Crippen LogP contribution in [0.25, 0.3) is 10.1 Å². The summed E-state index contributed by atoms with van der Waals surface area (Å²) in [6.07, 6.45) is 1.95. The van der Waals surface area contributed by atoms with Gasteiger partial charge in [0.1, 0.15) is 6.10 Å². The highest BCUT2D eigenvalue weighted by Crippen LogP contribution is 2.29. The first kappa shape index (κ1) is 24.4. The SMILES string of the molecule is CN=C(NCC1CCCN(Cc2cccs2)C1)NCC(O)c1cc2ccccc2s1.I. The maximum absolute atomic E-state index is 10.6. The lowest BCUT2D eigenvalue weighted by atomic mass is 9.98. The smallest absolute Gasteiger partial charge is 0.191 e. The van der Waals surface area contributed by atoms with E-state index >= 15 is 0 Å². The molecule has 2 unspecified atom stereocenters. The maximum Gasteiger partial charge on any atom is 0.191 e. The molecular weight excluding hydrogens is 539 g/mol. The van der Waals surface area contributed by atoms with Crippen molar-refractivity contribution >= 4 is 62.7 Å². The third kappa shape index (κ3) is 6.89. The number of nitrogens with one attached hydrogen (secondary N) is 2. The van der Waals surface area contributed by atoms with Crippen molar-refractivity contribution in [2.24, 2.45) is 10.9 Å². The number of hydrogen-bond donors (Lipinski definition) is 3. The zero-order valence-electron chi connectivity index (χ0n) is 17.8. The van der Waals surface area contributed by atoms with E-state index in [9.17, 15) is 5.11 Å². The standard InChI is InChI=1S/C23H30N4OS2.HI/c1-24-23(26-14-20(28)22-12-18-7-2-3-9-21(18)30-22)25-13-17-6-4-10-27(15-17)16-19-8-5-11-29-19;/h2-3,5,7-9,11-12,17,20,28H,4,6,10,13-16H2,1H3,(H2,24,25,26);1H. The highest BCUT2D eigenvalue weighted by molar-refractivity contribution is 14.0. The second-order valence-electron chi connectivity index (χ2n) is 7.86. The molecule has 1 aliphatic heterocycles. The van der Waals surface area contributed by atoms with E-state index in [2.05, 4.69) is 56.2 Å². The fourth-order valence-corrected chi connectivity index (χ4v) is 5.80. The van der Waals surface area contributed by atoms with E-state index in [1.54, 1.807) is 18.4 Å². The van der Waals surface area contributed by atoms with Crippen LogP contribution in [0.2, 0.25) is 0 Å². The number of aliphatic hydroxyl groups excluding tert-OH is 1. The van der Waals surface area contributed by atoms with Crippen LogP contribution in [0.5, 0.6) is 0 Å². The summed E-state index contributed by atoms with van der Waals surface area (Å²) in [6.45, 7) is 4.71. The molecule has 2 atom stereocenters. The Labute approximate surface area is 209 Å². The molecule has 8 heteroatoms. The summed E-state index contributed by atoms with van der Waals surface area (Å²) >= 11 is 3.49. The summed E-state index contributed by atoms with van der Waals surface area (Å²) in [5.74, 6) is 1.37. The van der Waals surface area contributed by atoms with Crippen molar-refractivity contribution < 1.29 is 5.11 Å². The highest BCUT2D eigenvalue weighted by atomic mass is 127. The highest BCUT2D eigenvalue weighted by Gasteiger charge is 2.20. The van der Waals surface area contributed by atoms with Crippen LogP contribution >= 0.6 is 46.7 Å². The molecule has 3 N–H and O–H groups in total. The number of guanidine groups is 1. The summed E-state index contributed by atoms with van der Waals surface area (Å²) in [7, 11) is 1.78. The van der Waals surface area contributed by atoms with Gasteiger partial charge in [0.25, 0.3) is 0 Å². The Kier molecular flexibility index (Phi) is 9.58. The average molecular weight is 571 g/mol. The number of thiophene rings is 2. The predicted molar refractivity (Wildman–Crippen MR) is 144 cm³/mol. The molecule has 1 aliphatic rings. The fraction of sp³-hybridized carbons (Fsp3) is 0.435. The molecule has 0 amide bonds. The number of halogens is 1. The van der Waals surface area contributed by atoms with E-state index in [1.807, 2.05) is 23.5 Å². The average Bonchev–Trinajstić information content (AvgIpc) is 3.43. The number of aliphatic hydroxyl groups is 1. The van der Waals surface area contributed by atoms with Crippen molar-refractivity contribution in [2.75, 3.05) is 33.2 Å². The molecule has 3 heterocycles. The number of aliphatic imine (C=N–C) groups is 1. The molecule has 0 bridgehead atoms. The van der Waals surface area contributed by atoms with Gasteiger partial charge in [-0.3, -0.25) is 9.89 Å². The Hall–Kier alpha value is -1.20. The van der Waals surface area contributed by atoms with E-state index in [-0.39, 0.29) is 24.0 Å². The van der Waals surface area contributed by atoms with Gasteiger partial charge in [-0.05, 0) is 54.3 Å². The van der Waals surface area contributed by atoms with Gasteiger partial charge in [0.05, 0.1) is 0 Å². The van der Waals surface area contributed by atoms with Crippen LogP contribution in [-0.2, 0) is 6.54 Å². The fourth-order valence-electron chi connectivity index (χ4n) is 4.01. The summed E-state index contributed by atoms with van der Waals surface area (Å²) in [4.78, 5) is 9.32.